The lowest BCUT2D eigenvalue weighted by Crippen LogP contribution is -2.36. The van der Waals surface area contributed by atoms with Crippen molar-refractivity contribution in [3.8, 4) is 0 Å². The Hall–Kier alpha value is -1.11. The zero-order valence-corrected chi connectivity index (χ0v) is 23.5. The van der Waals surface area contributed by atoms with Crippen molar-refractivity contribution in [3.63, 3.8) is 0 Å². The quantitative estimate of drug-likeness (QED) is 0.401. The van der Waals surface area contributed by atoms with Crippen LogP contribution in [-0.2, 0) is 9.84 Å². The summed E-state index contributed by atoms with van der Waals surface area (Å²) in [5.41, 5.74) is 3.25. The second-order valence-corrected chi connectivity index (χ2v) is 14.2. The van der Waals surface area contributed by atoms with Crippen LogP contribution in [0, 0.1) is 23.2 Å². The largest absolute Gasteiger partial charge is 0.393 e. The number of rotatable bonds is 6. The normalized spacial score (nSPS) is 34.2. The van der Waals surface area contributed by atoms with Gasteiger partial charge >= 0.3 is 0 Å². The van der Waals surface area contributed by atoms with Crippen LogP contribution >= 0.6 is 23.2 Å². The molecule has 6 atom stereocenters. The minimum absolute atomic E-state index is 0.102. The molecule has 1 aromatic carbocycles. The summed E-state index contributed by atoms with van der Waals surface area (Å²) in [7, 11) is -3.43. The summed E-state index contributed by atoms with van der Waals surface area (Å²) >= 11 is 12.0. The highest BCUT2D eigenvalue weighted by Crippen LogP contribution is 2.59. The van der Waals surface area contributed by atoms with E-state index in [0.717, 1.165) is 43.3 Å². The maximum Gasteiger partial charge on any atom is 0.178 e. The maximum absolute atomic E-state index is 13.0. The van der Waals surface area contributed by atoms with Gasteiger partial charge in [0.05, 0.1) is 32.9 Å². The van der Waals surface area contributed by atoms with E-state index >= 15 is 0 Å². The standard InChI is InChI=1S/C29H38Cl2O4S/c1-18(12-14-36(34,35)23-8-11-26(30)27(31)17-23)24-9-10-25-20(5-4-13-29(24,25)3)6-7-21-15-22(32)16-28(33)19(21)2/h6-8,11,17-18,22,24-25,28,32-33H,2,4-5,9-10,12-16H2,1,3H3/t18-,22+,24-,25+,28-,29-/m1/s1. The first kappa shape index (κ1) is 27.9. The second kappa shape index (κ2) is 10.9. The van der Waals surface area contributed by atoms with E-state index in [0.29, 0.717) is 42.0 Å². The minimum atomic E-state index is -3.43. The number of hydrogen-bond acceptors (Lipinski definition) is 4. The molecule has 198 valence electrons. The molecule has 2 N–H and O–H groups in total. The number of hydrogen-bond donors (Lipinski definition) is 2. The summed E-state index contributed by atoms with van der Waals surface area (Å²) in [5.74, 6) is 1.34. The van der Waals surface area contributed by atoms with E-state index in [1.54, 1.807) is 0 Å². The first-order valence-electron chi connectivity index (χ1n) is 13.0. The molecule has 0 unspecified atom stereocenters. The summed E-state index contributed by atoms with van der Waals surface area (Å²) in [5, 5.41) is 20.9. The Kier molecular flexibility index (Phi) is 8.48. The van der Waals surface area contributed by atoms with E-state index in [1.165, 1.54) is 23.8 Å². The van der Waals surface area contributed by atoms with Crippen LogP contribution < -0.4 is 0 Å². The van der Waals surface area contributed by atoms with Gasteiger partial charge in [0.15, 0.2) is 9.84 Å². The van der Waals surface area contributed by atoms with Crippen LogP contribution in [0.15, 0.2) is 58.5 Å². The summed E-state index contributed by atoms with van der Waals surface area (Å²) in [6, 6.07) is 4.52. The summed E-state index contributed by atoms with van der Waals surface area (Å²) in [6.45, 7) is 8.64. The van der Waals surface area contributed by atoms with Gasteiger partial charge in [-0.2, -0.15) is 0 Å². The lowest BCUT2D eigenvalue weighted by Gasteiger charge is -2.44. The molecule has 3 aliphatic carbocycles. The van der Waals surface area contributed by atoms with Crippen LogP contribution in [0.2, 0.25) is 10.0 Å². The highest BCUT2D eigenvalue weighted by atomic mass is 35.5. The van der Waals surface area contributed by atoms with Crippen LogP contribution in [0.25, 0.3) is 0 Å². The SMILES string of the molecule is C=C1C(=CC=C2CCC[C@]3(C)[C@@H]([C@H](C)CCS(=O)(=O)c4ccc(Cl)c(Cl)c4)CC[C@@H]23)C[C@H](O)C[C@H]1O. The predicted molar refractivity (Wildman–Crippen MR) is 147 cm³/mol. The topological polar surface area (TPSA) is 74.6 Å². The van der Waals surface area contributed by atoms with Gasteiger partial charge in [-0.15, -0.1) is 0 Å². The van der Waals surface area contributed by atoms with Gasteiger partial charge in [0.25, 0.3) is 0 Å². The fourth-order valence-corrected chi connectivity index (χ4v) is 8.86. The van der Waals surface area contributed by atoms with Crippen LogP contribution in [0.5, 0.6) is 0 Å². The zero-order valence-electron chi connectivity index (χ0n) is 21.2. The number of fused-ring (bicyclic) bond motifs is 1. The van der Waals surface area contributed by atoms with Gasteiger partial charge in [-0.1, -0.05) is 61.4 Å². The summed E-state index contributed by atoms with van der Waals surface area (Å²) in [4.78, 5) is 0.232. The Labute approximate surface area is 226 Å². The minimum Gasteiger partial charge on any atom is -0.393 e. The highest BCUT2D eigenvalue weighted by molar-refractivity contribution is 7.91. The van der Waals surface area contributed by atoms with Gasteiger partial charge in [-0.3, -0.25) is 0 Å². The third kappa shape index (κ3) is 5.66. The van der Waals surface area contributed by atoms with Crippen LogP contribution in [0.1, 0.15) is 65.2 Å². The van der Waals surface area contributed by atoms with E-state index in [2.05, 4.69) is 32.6 Å². The molecule has 0 radical (unpaired) electrons. The Morgan fingerprint density at radius 2 is 1.94 bits per heavy atom. The third-order valence-electron chi connectivity index (χ3n) is 9.08. The number of aliphatic hydroxyl groups is 2. The van der Waals surface area contributed by atoms with Crippen molar-refractivity contribution >= 4 is 33.0 Å². The van der Waals surface area contributed by atoms with Gasteiger partial charge in [0.1, 0.15) is 0 Å². The Morgan fingerprint density at radius 3 is 2.67 bits per heavy atom. The van der Waals surface area contributed by atoms with E-state index < -0.39 is 22.0 Å². The molecule has 3 aliphatic rings. The molecule has 4 nitrogen and oxygen atoms in total. The van der Waals surface area contributed by atoms with Crippen LogP contribution in [0.3, 0.4) is 0 Å². The molecule has 0 amide bonds. The average molecular weight is 554 g/mol. The third-order valence-corrected chi connectivity index (χ3v) is 11.6. The molecule has 0 saturated heterocycles. The number of sulfone groups is 1. The van der Waals surface area contributed by atoms with Gasteiger partial charge in [-0.05, 0) is 97.5 Å². The molecule has 0 heterocycles. The predicted octanol–water partition coefficient (Wildman–Crippen LogP) is 6.93. The molecule has 1 aromatic rings. The van der Waals surface area contributed by atoms with E-state index in [4.69, 9.17) is 23.2 Å². The van der Waals surface area contributed by atoms with Gasteiger partial charge in [0, 0.05) is 6.42 Å². The lowest BCUT2D eigenvalue weighted by molar-refractivity contribution is 0.0861. The zero-order chi connectivity index (χ0) is 26.3. The number of allylic oxidation sites excluding steroid dienone is 3. The second-order valence-electron chi connectivity index (χ2n) is 11.3. The molecular formula is C29H38Cl2O4S. The molecule has 3 saturated carbocycles. The van der Waals surface area contributed by atoms with E-state index in [9.17, 15) is 18.6 Å². The van der Waals surface area contributed by atoms with Crippen molar-refractivity contribution in [2.45, 2.75) is 82.3 Å². The summed E-state index contributed by atoms with van der Waals surface area (Å²) in [6.07, 6.45) is 10.2. The molecule has 4 rings (SSSR count). The first-order chi connectivity index (χ1) is 16.9. The Morgan fingerprint density at radius 1 is 1.19 bits per heavy atom. The fourth-order valence-electron chi connectivity index (χ4n) is 7.01. The number of benzene rings is 1. The first-order valence-corrected chi connectivity index (χ1v) is 15.5. The molecule has 36 heavy (non-hydrogen) atoms. The molecule has 3 fully saturated rings. The van der Waals surface area contributed by atoms with E-state index in [1.807, 2.05) is 0 Å². The maximum atomic E-state index is 13.0. The summed E-state index contributed by atoms with van der Waals surface area (Å²) < 4.78 is 26.0. The molecule has 0 aliphatic heterocycles. The monoisotopic (exact) mass is 552 g/mol. The van der Waals surface area contributed by atoms with Gasteiger partial charge in [0.2, 0.25) is 0 Å². The van der Waals surface area contributed by atoms with Gasteiger partial charge in [-0.25, -0.2) is 8.42 Å². The molecule has 0 aromatic heterocycles. The van der Waals surface area contributed by atoms with Crippen molar-refractivity contribution in [1.82, 2.24) is 0 Å². The molecule has 0 bridgehead atoms. The van der Waals surface area contributed by atoms with Gasteiger partial charge < -0.3 is 10.2 Å². The van der Waals surface area contributed by atoms with Crippen LogP contribution in [0.4, 0.5) is 0 Å². The highest BCUT2D eigenvalue weighted by Gasteiger charge is 2.50. The van der Waals surface area contributed by atoms with Crippen molar-refractivity contribution < 1.29 is 18.6 Å². The number of aliphatic hydroxyl groups excluding tert-OH is 2. The molecular weight excluding hydrogens is 515 g/mol. The van der Waals surface area contributed by atoms with Crippen molar-refractivity contribution in [2.75, 3.05) is 5.75 Å². The fraction of sp³-hybridized carbons (Fsp3) is 0.586. The lowest BCUT2D eigenvalue weighted by atomic mass is 9.61. The molecule has 7 heteroatoms. The average Bonchev–Trinajstić information content (AvgIpc) is 3.18. The molecule has 0 spiro atoms. The number of halogens is 2. The van der Waals surface area contributed by atoms with E-state index in [-0.39, 0.29) is 21.1 Å². The van der Waals surface area contributed by atoms with Crippen LogP contribution in [-0.4, -0.2) is 36.6 Å². The van der Waals surface area contributed by atoms with Crippen molar-refractivity contribution in [2.24, 2.45) is 23.2 Å². The smallest absolute Gasteiger partial charge is 0.178 e. The van der Waals surface area contributed by atoms with Crippen molar-refractivity contribution in [3.05, 3.63) is 63.7 Å². The Bertz CT molecular complexity index is 1170. The van der Waals surface area contributed by atoms with Crippen molar-refractivity contribution in [1.29, 1.82) is 0 Å². The Balaban J connectivity index is 1.46.